The number of hydrogen-bond donors (Lipinski definition) is 1. The van der Waals surface area contributed by atoms with Crippen LogP contribution in [0, 0.1) is 5.92 Å². The van der Waals surface area contributed by atoms with Crippen LogP contribution in [0.15, 0.2) is 18.3 Å². The van der Waals surface area contributed by atoms with Crippen LogP contribution in [-0.4, -0.2) is 30.0 Å². The SMILES string of the molecule is CC1CCN(c2ccnc(C(=O)NC3CC3)c2)CC1. The summed E-state index contributed by atoms with van der Waals surface area (Å²) in [6.07, 6.45) is 6.41. The van der Waals surface area contributed by atoms with Crippen molar-refractivity contribution in [2.75, 3.05) is 18.0 Å². The van der Waals surface area contributed by atoms with E-state index in [9.17, 15) is 4.79 Å². The number of piperidine rings is 1. The first-order valence-corrected chi connectivity index (χ1v) is 7.24. The Bertz CT molecular complexity index is 462. The maximum absolute atomic E-state index is 12.0. The Morgan fingerprint density at radius 1 is 1.32 bits per heavy atom. The third kappa shape index (κ3) is 3.06. The molecule has 0 radical (unpaired) electrons. The fourth-order valence-electron chi connectivity index (χ4n) is 2.49. The summed E-state index contributed by atoms with van der Waals surface area (Å²) in [7, 11) is 0. The van der Waals surface area contributed by atoms with Gasteiger partial charge in [-0.2, -0.15) is 0 Å². The summed E-state index contributed by atoms with van der Waals surface area (Å²) in [6.45, 7) is 4.46. The van der Waals surface area contributed by atoms with E-state index in [-0.39, 0.29) is 5.91 Å². The second-order valence-corrected chi connectivity index (χ2v) is 5.82. The first-order chi connectivity index (χ1) is 9.22. The van der Waals surface area contributed by atoms with Crippen LogP contribution in [0.25, 0.3) is 0 Å². The highest BCUT2D eigenvalue weighted by molar-refractivity contribution is 5.93. The number of anilines is 1. The smallest absolute Gasteiger partial charge is 0.270 e. The molecular formula is C15H21N3O. The second-order valence-electron chi connectivity index (χ2n) is 5.82. The van der Waals surface area contributed by atoms with E-state index >= 15 is 0 Å². The fraction of sp³-hybridized carbons (Fsp3) is 0.600. The summed E-state index contributed by atoms with van der Waals surface area (Å²) >= 11 is 0. The van der Waals surface area contributed by atoms with E-state index in [1.807, 2.05) is 12.1 Å². The molecule has 19 heavy (non-hydrogen) atoms. The average Bonchev–Trinajstić information content (AvgIpc) is 3.24. The molecule has 1 aromatic rings. The van der Waals surface area contributed by atoms with Gasteiger partial charge in [-0.3, -0.25) is 9.78 Å². The molecule has 3 rings (SSSR count). The number of hydrogen-bond acceptors (Lipinski definition) is 3. The summed E-state index contributed by atoms with van der Waals surface area (Å²) in [5, 5.41) is 2.99. The zero-order chi connectivity index (χ0) is 13.2. The minimum absolute atomic E-state index is 0.0327. The van der Waals surface area contributed by atoms with Crippen molar-refractivity contribution < 1.29 is 4.79 Å². The summed E-state index contributed by atoms with van der Waals surface area (Å²) in [4.78, 5) is 18.5. The van der Waals surface area contributed by atoms with E-state index in [4.69, 9.17) is 0 Å². The van der Waals surface area contributed by atoms with E-state index in [1.54, 1.807) is 6.20 Å². The fourth-order valence-corrected chi connectivity index (χ4v) is 2.49. The van der Waals surface area contributed by atoms with Gasteiger partial charge in [0.25, 0.3) is 5.91 Å². The summed E-state index contributed by atoms with van der Waals surface area (Å²) in [6, 6.07) is 4.31. The number of carbonyl (C=O) groups excluding carboxylic acids is 1. The molecule has 1 aliphatic carbocycles. The number of nitrogens with one attached hydrogen (secondary N) is 1. The lowest BCUT2D eigenvalue weighted by atomic mass is 9.99. The molecule has 4 nitrogen and oxygen atoms in total. The third-order valence-corrected chi connectivity index (χ3v) is 4.04. The second kappa shape index (κ2) is 5.19. The van der Waals surface area contributed by atoms with E-state index in [0.29, 0.717) is 11.7 Å². The van der Waals surface area contributed by atoms with E-state index < -0.39 is 0 Å². The maximum atomic E-state index is 12.0. The lowest BCUT2D eigenvalue weighted by molar-refractivity contribution is 0.0946. The van der Waals surface area contributed by atoms with Crippen molar-refractivity contribution >= 4 is 11.6 Å². The first-order valence-electron chi connectivity index (χ1n) is 7.24. The van der Waals surface area contributed by atoms with Crippen LogP contribution in [0.4, 0.5) is 5.69 Å². The van der Waals surface area contributed by atoms with Gasteiger partial charge in [0, 0.05) is 31.0 Å². The number of amides is 1. The van der Waals surface area contributed by atoms with Crippen molar-refractivity contribution in [1.29, 1.82) is 0 Å². The van der Waals surface area contributed by atoms with Crippen LogP contribution in [0.2, 0.25) is 0 Å². The Morgan fingerprint density at radius 3 is 2.74 bits per heavy atom. The van der Waals surface area contributed by atoms with Gasteiger partial charge in [0.1, 0.15) is 5.69 Å². The minimum Gasteiger partial charge on any atom is -0.371 e. The van der Waals surface area contributed by atoms with E-state index in [1.165, 1.54) is 12.8 Å². The average molecular weight is 259 g/mol. The molecule has 0 bridgehead atoms. The van der Waals surface area contributed by atoms with E-state index in [2.05, 4.69) is 22.1 Å². The molecule has 2 fully saturated rings. The van der Waals surface area contributed by atoms with Crippen molar-refractivity contribution in [2.24, 2.45) is 5.92 Å². The molecule has 1 N–H and O–H groups in total. The van der Waals surface area contributed by atoms with Gasteiger partial charge >= 0.3 is 0 Å². The maximum Gasteiger partial charge on any atom is 0.270 e. The predicted octanol–water partition coefficient (Wildman–Crippen LogP) is 2.21. The molecule has 1 saturated carbocycles. The number of carbonyl (C=O) groups is 1. The van der Waals surface area contributed by atoms with Crippen LogP contribution in [0.3, 0.4) is 0 Å². The Hall–Kier alpha value is -1.58. The van der Waals surface area contributed by atoms with Crippen LogP contribution in [-0.2, 0) is 0 Å². The standard InChI is InChI=1S/C15H21N3O/c1-11-5-8-18(9-6-11)13-4-7-16-14(10-13)15(19)17-12-2-3-12/h4,7,10-12H,2-3,5-6,8-9H2,1H3,(H,17,19). The van der Waals surface area contributed by atoms with Crippen molar-refractivity contribution in [1.82, 2.24) is 10.3 Å². The van der Waals surface area contributed by atoms with Gasteiger partial charge in [0.05, 0.1) is 0 Å². The molecule has 1 amide bonds. The molecule has 4 heteroatoms. The molecular weight excluding hydrogens is 238 g/mol. The Labute approximate surface area is 114 Å². The Morgan fingerprint density at radius 2 is 2.05 bits per heavy atom. The molecule has 0 unspecified atom stereocenters. The highest BCUT2D eigenvalue weighted by Gasteiger charge is 2.24. The van der Waals surface area contributed by atoms with Gasteiger partial charge in [-0.05, 0) is 43.7 Å². The quantitative estimate of drug-likeness (QED) is 0.905. The first kappa shape index (κ1) is 12.5. The Kier molecular flexibility index (Phi) is 3.40. The van der Waals surface area contributed by atoms with Gasteiger partial charge in [-0.25, -0.2) is 0 Å². The molecule has 2 heterocycles. The van der Waals surface area contributed by atoms with Crippen LogP contribution >= 0.6 is 0 Å². The summed E-state index contributed by atoms with van der Waals surface area (Å²) < 4.78 is 0. The molecule has 0 spiro atoms. The van der Waals surface area contributed by atoms with E-state index in [0.717, 1.165) is 37.5 Å². The van der Waals surface area contributed by atoms with Gasteiger partial charge < -0.3 is 10.2 Å². The molecule has 1 saturated heterocycles. The summed E-state index contributed by atoms with van der Waals surface area (Å²) in [5.41, 5.74) is 1.67. The zero-order valence-electron chi connectivity index (χ0n) is 11.4. The molecule has 0 atom stereocenters. The number of pyridine rings is 1. The summed E-state index contributed by atoms with van der Waals surface area (Å²) in [5.74, 6) is 0.783. The topological polar surface area (TPSA) is 45.2 Å². The van der Waals surface area contributed by atoms with Crippen LogP contribution in [0.5, 0.6) is 0 Å². The third-order valence-electron chi connectivity index (χ3n) is 4.04. The van der Waals surface area contributed by atoms with Gasteiger partial charge in [0.2, 0.25) is 0 Å². The van der Waals surface area contributed by atoms with Crippen molar-refractivity contribution in [3.63, 3.8) is 0 Å². The number of rotatable bonds is 3. The Balaban J connectivity index is 1.70. The molecule has 0 aromatic carbocycles. The van der Waals surface area contributed by atoms with Gasteiger partial charge in [-0.1, -0.05) is 6.92 Å². The normalized spacial score (nSPS) is 20.4. The predicted molar refractivity (Wildman–Crippen MR) is 75.3 cm³/mol. The number of aromatic nitrogens is 1. The largest absolute Gasteiger partial charge is 0.371 e. The number of nitrogens with zero attached hydrogens (tertiary/aromatic N) is 2. The monoisotopic (exact) mass is 259 g/mol. The van der Waals surface area contributed by atoms with Crippen molar-refractivity contribution in [3.05, 3.63) is 24.0 Å². The van der Waals surface area contributed by atoms with Crippen molar-refractivity contribution in [3.8, 4) is 0 Å². The van der Waals surface area contributed by atoms with Crippen molar-refractivity contribution in [2.45, 2.75) is 38.6 Å². The molecule has 1 aromatic heterocycles. The highest BCUT2D eigenvalue weighted by Crippen LogP contribution is 2.23. The highest BCUT2D eigenvalue weighted by atomic mass is 16.2. The minimum atomic E-state index is -0.0327. The van der Waals surface area contributed by atoms with Gasteiger partial charge in [-0.15, -0.1) is 0 Å². The molecule has 1 aliphatic heterocycles. The lowest BCUT2D eigenvalue weighted by Crippen LogP contribution is -2.33. The molecule has 102 valence electrons. The van der Waals surface area contributed by atoms with Crippen LogP contribution < -0.4 is 10.2 Å². The van der Waals surface area contributed by atoms with Gasteiger partial charge in [0.15, 0.2) is 0 Å². The van der Waals surface area contributed by atoms with Crippen LogP contribution in [0.1, 0.15) is 43.1 Å². The lowest BCUT2D eigenvalue weighted by Gasteiger charge is -2.32. The zero-order valence-corrected chi connectivity index (χ0v) is 11.4. The molecule has 2 aliphatic rings.